The van der Waals surface area contributed by atoms with Crippen LogP contribution in [0, 0.1) is 0 Å². The summed E-state index contributed by atoms with van der Waals surface area (Å²) in [7, 11) is 1.67. The standard InChI is InChI=1S/C13H19NOS2/c1-10(2)17-12-6-4-11(5-7-12)8-16-9-13(15)14-3/h4-7,10H,8-9H2,1-3H3,(H,14,15). The smallest absolute Gasteiger partial charge is 0.229 e. The van der Waals surface area contributed by atoms with Crippen LogP contribution in [0.25, 0.3) is 0 Å². The molecule has 0 saturated carbocycles. The molecule has 17 heavy (non-hydrogen) atoms. The first kappa shape index (κ1) is 14.5. The Balaban J connectivity index is 2.37. The molecule has 0 fully saturated rings. The molecule has 0 aromatic heterocycles. The van der Waals surface area contributed by atoms with Gasteiger partial charge in [0.15, 0.2) is 0 Å². The molecule has 0 heterocycles. The molecule has 1 rings (SSSR count). The van der Waals surface area contributed by atoms with Gasteiger partial charge in [-0.15, -0.1) is 23.5 Å². The lowest BCUT2D eigenvalue weighted by atomic mass is 10.2. The lowest BCUT2D eigenvalue weighted by Gasteiger charge is -2.06. The second-order valence-electron chi connectivity index (χ2n) is 3.98. The van der Waals surface area contributed by atoms with Crippen molar-refractivity contribution in [2.75, 3.05) is 12.8 Å². The lowest BCUT2D eigenvalue weighted by molar-refractivity contribution is -0.118. The third kappa shape index (κ3) is 6.03. The normalized spacial score (nSPS) is 10.6. The van der Waals surface area contributed by atoms with Crippen LogP contribution < -0.4 is 5.32 Å². The van der Waals surface area contributed by atoms with Gasteiger partial charge in [-0.05, 0) is 17.7 Å². The summed E-state index contributed by atoms with van der Waals surface area (Å²) in [6.45, 7) is 4.38. The van der Waals surface area contributed by atoms with Gasteiger partial charge in [-0.3, -0.25) is 4.79 Å². The molecule has 0 aliphatic heterocycles. The Kier molecular flexibility index (Phi) is 6.52. The number of carbonyl (C=O) groups is 1. The summed E-state index contributed by atoms with van der Waals surface area (Å²) in [5.41, 5.74) is 1.27. The predicted octanol–water partition coefficient (Wildman–Crippen LogP) is 3.17. The van der Waals surface area contributed by atoms with E-state index in [1.165, 1.54) is 10.5 Å². The quantitative estimate of drug-likeness (QED) is 0.804. The molecule has 0 aliphatic rings. The zero-order valence-electron chi connectivity index (χ0n) is 10.5. The molecule has 0 unspecified atom stereocenters. The van der Waals surface area contributed by atoms with Gasteiger partial charge < -0.3 is 5.32 Å². The fourth-order valence-electron chi connectivity index (χ4n) is 1.27. The Hall–Kier alpha value is -0.610. The maximum Gasteiger partial charge on any atom is 0.229 e. The SMILES string of the molecule is CNC(=O)CSCc1ccc(SC(C)C)cc1. The molecule has 0 saturated heterocycles. The zero-order chi connectivity index (χ0) is 12.7. The molecule has 0 bridgehead atoms. The third-order valence-electron chi connectivity index (χ3n) is 2.08. The van der Waals surface area contributed by atoms with E-state index in [9.17, 15) is 4.79 Å². The molecule has 0 radical (unpaired) electrons. The number of rotatable bonds is 6. The monoisotopic (exact) mass is 269 g/mol. The van der Waals surface area contributed by atoms with E-state index < -0.39 is 0 Å². The number of nitrogens with one attached hydrogen (secondary N) is 1. The zero-order valence-corrected chi connectivity index (χ0v) is 12.2. The summed E-state index contributed by atoms with van der Waals surface area (Å²) in [5, 5.41) is 3.23. The van der Waals surface area contributed by atoms with E-state index in [1.807, 2.05) is 11.8 Å². The fourth-order valence-corrected chi connectivity index (χ4v) is 2.97. The molecule has 1 aromatic rings. The fraction of sp³-hybridized carbons (Fsp3) is 0.462. The number of carbonyl (C=O) groups excluding carboxylic acids is 1. The molecule has 1 aromatic carbocycles. The summed E-state index contributed by atoms with van der Waals surface area (Å²) in [5.74, 6) is 1.50. The average Bonchev–Trinajstić information content (AvgIpc) is 2.30. The van der Waals surface area contributed by atoms with Crippen molar-refractivity contribution in [2.45, 2.75) is 29.7 Å². The van der Waals surface area contributed by atoms with Crippen molar-refractivity contribution >= 4 is 29.4 Å². The Bertz CT molecular complexity index is 349. The number of benzene rings is 1. The minimum absolute atomic E-state index is 0.0852. The van der Waals surface area contributed by atoms with E-state index in [4.69, 9.17) is 0 Å². The maximum absolute atomic E-state index is 11.0. The molecule has 2 nitrogen and oxygen atoms in total. The van der Waals surface area contributed by atoms with E-state index in [-0.39, 0.29) is 5.91 Å². The van der Waals surface area contributed by atoms with Crippen LogP contribution in [-0.4, -0.2) is 24.0 Å². The van der Waals surface area contributed by atoms with Crippen LogP contribution in [0.5, 0.6) is 0 Å². The van der Waals surface area contributed by atoms with Gasteiger partial charge in [-0.1, -0.05) is 26.0 Å². The summed E-state index contributed by atoms with van der Waals surface area (Å²) >= 11 is 3.51. The number of amides is 1. The van der Waals surface area contributed by atoms with E-state index >= 15 is 0 Å². The summed E-state index contributed by atoms with van der Waals surface area (Å²) in [6.07, 6.45) is 0. The van der Waals surface area contributed by atoms with Gasteiger partial charge in [0.1, 0.15) is 0 Å². The van der Waals surface area contributed by atoms with Gasteiger partial charge in [-0.25, -0.2) is 0 Å². The van der Waals surface area contributed by atoms with Crippen LogP contribution in [0.15, 0.2) is 29.2 Å². The first-order valence-electron chi connectivity index (χ1n) is 5.65. The Morgan fingerprint density at radius 3 is 2.47 bits per heavy atom. The molecule has 0 atom stereocenters. The van der Waals surface area contributed by atoms with E-state index in [2.05, 4.69) is 43.4 Å². The van der Waals surface area contributed by atoms with Crippen molar-refractivity contribution in [3.8, 4) is 0 Å². The number of hydrogen-bond donors (Lipinski definition) is 1. The van der Waals surface area contributed by atoms with Crippen LogP contribution in [0.1, 0.15) is 19.4 Å². The highest BCUT2D eigenvalue weighted by Gasteiger charge is 2.01. The highest BCUT2D eigenvalue weighted by atomic mass is 32.2. The molecule has 0 spiro atoms. The van der Waals surface area contributed by atoms with Crippen LogP contribution in [-0.2, 0) is 10.5 Å². The number of thioether (sulfide) groups is 2. The van der Waals surface area contributed by atoms with Gasteiger partial charge in [0.25, 0.3) is 0 Å². The van der Waals surface area contributed by atoms with Crippen LogP contribution in [0.2, 0.25) is 0 Å². The Morgan fingerprint density at radius 2 is 1.94 bits per heavy atom. The maximum atomic E-state index is 11.0. The highest BCUT2D eigenvalue weighted by molar-refractivity contribution is 8.00. The summed E-state index contributed by atoms with van der Waals surface area (Å²) in [6, 6.07) is 8.59. The number of hydrogen-bond acceptors (Lipinski definition) is 3. The second-order valence-corrected chi connectivity index (χ2v) is 6.61. The van der Waals surface area contributed by atoms with Crippen molar-refractivity contribution in [3.05, 3.63) is 29.8 Å². The van der Waals surface area contributed by atoms with Crippen molar-refractivity contribution < 1.29 is 4.79 Å². The average molecular weight is 269 g/mol. The van der Waals surface area contributed by atoms with Crippen molar-refractivity contribution in [1.29, 1.82) is 0 Å². The van der Waals surface area contributed by atoms with E-state index in [0.717, 1.165) is 5.75 Å². The Morgan fingerprint density at radius 1 is 1.29 bits per heavy atom. The molecule has 1 N–H and O–H groups in total. The summed E-state index contributed by atoms with van der Waals surface area (Å²) < 4.78 is 0. The van der Waals surface area contributed by atoms with E-state index in [0.29, 0.717) is 11.0 Å². The van der Waals surface area contributed by atoms with Crippen LogP contribution >= 0.6 is 23.5 Å². The van der Waals surface area contributed by atoms with Crippen molar-refractivity contribution in [1.82, 2.24) is 5.32 Å². The minimum atomic E-state index is 0.0852. The van der Waals surface area contributed by atoms with Crippen molar-refractivity contribution in [2.24, 2.45) is 0 Å². The second kappa shape index (κ2) is 7.67. The van der Waals surface area contributed by atoms with Crippen LogP contribution in [0.4, 0.5) is 0 Å². The van der Waals surface area contributed by atoms with Crippen molar-refractivity contribution in [3.63, 3.8) is 0 Å². The molecular formula is C13H19NOS2. The lowest BCUT2D eigenvalue weighted by Crippen LogP contribution is -2.19. The molecule has 4 heteroatoms. The molecule has 0 aliphatic carbocycles. The van der Waals surface area contributed by atoms with E-state index in [1.54, 1.807) is 18.8 Å². The van der Waals surface area contributed by atoms with Gasteiger partial charge in [-0.2, -0.15) is 0 Å². The third-order valence-corrected chi connectivity index (χ3v) is 4.10. The van der Waals surface area contributed by atoms with Gasteiger partial charge >= 0.3 is 0 Å². The minimum Gasteiger partial charge on any atom is -0.358 e. The Labute approximate surface area is 112 Å². The van der Waals surface area contributed by atoms with Crippen LogP contribution in [0.3, 0.4) is 0 Å². The topological polar surface area (TPSA) is 29.1 Å². The summed E-state index contributed by atoms with van der Waals surface area (Å²) in [4.78, 5) is 12.3. The molecular weight excluding hydrogens is 250 g/mol. The predicted molar refractivity (Wildman–Crippen MR) is 77.7 cm³/mol. The highest BCUT2D eigenvalue weighted by Crippen LogP contribution is 2.23. The van der Waals surface area contributed by atoms with Gasteiger partial charge in [0.05, 0.1) is 5.75 Å². The largest absolute Gasteiger partial charge is 0.358 e. The first-order valence-corrected chi connectivity index (χ1v) is 7.69. The van der Waals surface area contributed by atoms with Gasteiger partial charge in [0, 0.05) is 22.9 Å². The molecule has 94 valence electrons. The molecule has 1 amide bonds. The van der Waals surface area contributed by atoms with Gasteiger partial charge in [0.2, 0.25) is 5.91 Å². The first-order chi connectivity index (χ1) is 8.11.